The smallest absolute Gasteiger partial charge is 0.229 e. The van der Waals surface area contributed by atoms with Gasteiger partial charge in [-0.2, -0.15) is 5.26 Å². The quantitative estimate of drug-likeness (QED) is 0.842. The predicted molar refractivity (Wildman–Crippen MR) is 91.3 cm³/mol. The van der Waals surface area contributed by atoms with Crippen LogP contribution >= 0.6 is 0 Å². The highest BCUT2D eigenvalue weighted by molar-refractivity contribution is 7.92. The number of sulfonamides is 1. The number of nitriles is 1. The van der Waals surface area contributed by atoms with E-state index < -0.39 is 15.8 Å². The maximum absolute atomic E-state index is 13.3. The molecule has 0 radical (unpaired) electrons. The Balaban J connectivity index is 2.06. The van der Waals surface area contributed by atoms with Crippen LogP contribution in [0.3, 0.4) is 0 Å². The van der Waals surface area contributed by atoms with Crippen molar-refractivity contribution in [2.45, 2.75) is 19.5 Å². The van der Waals surface area contributed by atoms with E-state index in [2.05, 4.69) is 10.0 Å². The van der Waals surface area contributed by atoms with Gasteiger partial charge in [-0.05, 0) is 42.3 Å². The van der Waals surface area contributed by atoms with Gasteiger partial charge in [-0.25, -0.2) is 12.8 Å². The number of nitrogens with zero attached hydrogens (tertiary/aromatic N) is 1. The molecule has 0 saturated carbocycles. The van der Waals surface area contributed by atoms with E-state index in [1.54, 1.807) is 24.3 Å². The van der Waals surface area contributed by atoms with Crippen LogP contribution in [0.5, 0.6) is 0 Å². The molecule has 126 valence electrons. The van der Waals surface area contributed by atoms with Crippen LogP contribution in [0.25, 0.3) is 0 Å². The van der Waals surface area contributed by atoms with Crippen molar-refractivity contribution < 1.29 is 12.8 Å². The van der Waals surface area contributed by atoms with Gasteiger partial charge in [0.1, 0.15) is 11.9 Å². The number of rotatable bonds is 6. The van der Waals surface area contributed by atoms with Crippen molar-refractivity contribution in [3.8, 4) is 6.07 Å². The molecular formula is C17H18FN3O2S. The molecule has 2 aromatic rings. The van der Waals surface area contributed by atoms with Crippen LogP contribution in [0.2, 0.25) is 0 Å². The lowest BCUT2D eigenvalue weighted by molar-refractivity contribution is 0.572. The Morgan fingerprint density at radius 1 is 1.25 bits per heavy atom. The Labute approximate surface area is 141 Å². The van der Waals surface area contributed by atoms with Crippen LogP contribution in [-0.2, 0) is 16.6 Å². The molecule has 5 nitrogen and oxygen atoms in total. The van der Waals surface area contributed by atoms with E-state index in [9.17, 15) is 12.8 Å². The molecule has 2 N–H and O–H groups in total. The van der Waals surface area contributed by atoms with Gasteiger partial charge in [-0.15, -0.1) is 0 Å². The van der Waals surface area contributed by atoms with E-state index >= 15 is 0 Å². The van der Waals surface area contributed by atoms with Crippen LogP contribution in [0.1, 0.15) is 29.7 Å². The zero-order valence-electron chi connectivity index (χ0n) is 13.4. The lowest BCUT2D eigenvalue weighted by atomic mass is 10.1. The molecule has 0 bridgehead atoms. The summed E-state index contributed by atoms with van der Waals surface area (Å²) >= 11 is 0. The number of hydrogen-bond donors (Lipinski definition) is 2. The Morgan fingerprint density at radius 2 is 2.00 bits per heavy atom. The summed E-state index contributed by atoms with van der Waals surface area (Å²) in [5.74, 6) is -0.533. The molecule has 7 heteroatoms. The highest BCUT2D eigenvalue weighted by Crippen LogP contribution is 2.19. The van der Waals surface area contributed by atoms with E-state index in [0.29, 0.717) is 12.2 Å². The topological polar surface area (TPSA) is 82.0 Å². The van der Waals surface area contributed by atoms with Crippen molar-refractivity contribution in [3.63, 3.8) is 0 Å². The number of hydrogen-bond acceptors (Lipinski definition) is 4. The van der Waals surface area contributed by atoms with E-state index in [0.717, 1.165) is 17.4 Å². The van der Waals surface area contributed by atoms with E-state index in [1.807, 2.05) is 19.1 Å². The van der Waals surface area contributed by atoms with E-state index in [-0.39, 0.29) is 11.6 Å². The Morgan fingerprint density at radius 3 is 2.67 bits per heavy atom. The summed E-state index contributed by atoms with van der Waals surface area (Å²) in [6.45, 7) is 2.40. The molecule has 0 saturated heterocycles. The maximum Gasteiger partial charge on any atom is 0.229 e. The molecule has 24 heavy (non-hydrogen) atoms. The van der Waals surface area contributed by atoms with Gasteiger partial charge in [0.2, 0.25) is 10.0 Å². The van der Waals surface area contributed by atoms with Crippen molar-refractivity contribution >= 4 is 15.7 Å². The molecule has 0 fully saturated rings. The number of benzene rings is 2. The third kappa shape index (κ3) is 5.05. The first-order valence-corrected chi connectivity index (χ1v) is 9.17. The third-order valence-corrected chi connectivity index (χ3v) is 4.06. The first kappa shape index (κ1) is 17.9. The lowest BCUT2D eigenvalue weighted by Gasteiger charge is -2.16. The fraction of sp³-hybridized carbons (Fsp3) is 0.235. The van der Waals surface area contributed by atoms with Crippen LogP contribution in [0.15, 0.2) is 42.5 Å². The molecule has 2 aromatic carbocycles. The first-order chi connectivity index (χ1) is 11.3. The highest BCUT2D eigenvalue weighted by Gasteiger charge is 2.09. The SMILES string of the molecule is C[C@H](NCc1ccc(F)c(C#N)c1)c1cccc(NS(C)(=O)=O)c1. The van der Waals surface area contributed by atoms with E-state index in [4.69, 9.17) is 5.26 Å². The summed E-state index contributed by atoms with van der Waals surface area (Å²) in [6.07, 6.45) is 1.10. The summed E-state index contributed by atoms with van der Waals surface area (Å²) in [6, 6.07) is 13.3. The molecule has 0 heterocycles. The second-order valence-electron chi connectivity index (χ2n) is 5.53. The van der Waals surface area contributed by atoms with Gasteiger partial charge in [-0.3, -0.25) is 4.72 Å². The van der Waals surface area contributed by atoms with Gasteiger partial charge in [0, 0.05) is 18.3 Å². The minimum atomic E-state index is -3.32. The van der Waals surface area contributed by atoms with Gasteiger partial charge in [0.25, 0.3) is 0 Å². The zero-order chi connectivity index (χ0) is 17.7. The highest BCUT2D eigenvalue weighted by atomic mass is 32.2. The second-order valence-corrected chi connectivity index (χ2v) is 7.28. The molecule has 2 rings (SSSR count). The summed E-state index contributed by atoms with van der Waals surface area (Å²) in [5, 5.41) is 12.1. The van der Waals surface area contributed by atoms with Crippen LogP contribution in [-0.4, -0.2) is 14.7 Å². The molecule has 0 unspecified atom stereocenters. The Bertz CT molecular complexity index is 876. The summed E-state index contributed by atoms with van der Waals surface area (Å²) in [7, 11) is -3.32. The molecule has 0 aliphatic heterocycles. The molecule has 0 aliphatic rings. The molecular weight excluding hydrogens is 329 g/mol. The normalized spacial score (nSPS) is 12.4. The Hall–Kier alpha value is -2.43. The van der Waals surface area contributed by atoms with Crippen LogP contribution in [0, 0.1) is 17.1 Å². The maximum atomic E-state index is 13.3. The summed E-state index contributed by atoms with van der Waals surface area (Å²) < 4.78 is 38.3. The standard InChI is InChI=1S/C17H18FN3O2S/c1-12(14-4-3-5-16(9-14)21-24(2,22)23)20-11-13-6-7-17(18)15(8-13)10-19/h3-9,12,20-21H,11H2,1-2H3/t12-/m0/s1. The second kappa shape index (κ2) is 7.43. The fourth-order valence-electron chi connectivity index (χ4n) is 2.24. The van der Waals surface area contributed by atoms with Gasteiger partial charge in [0.15, 0.2) is 0 Å². The van der Waals surface area contributed by atoms with Gasteiger partial charge in [0.05, 0.1) is 11.8 Å². The van der Waals surface area contributed by atoms with Gasteiger partial charge < -0.3 is 5.32 Å². The van der Waals surface area contributed by atoms with Crippen LogP contribution in [0.4, 0.5) is 10.1 Å². The molecule has 0 spiro atoms. The minimum absolute atomic E-state index is 0.0151. The van der Waals surface area contributed by atoms with Crippen molar-refractivity contribution in [2.75, 3.05) is 11.0 Å². The largest absolute Gasteiger partial charge is 0.306 e. The number of nitrogens with one attached hydrogen (secondary N) is 2. The fourth-order valence-corrected chi connectivity index (χ4v) is 2.80. The molecule has 0 amide bonds. The summed E-state index contributed by atoms with van der Waals surface area (Å²) in [5.41, 5.74) is 2.22. The monoisotopic (exact) mass is 347 g/mol. The van der Waals surface area contributed by atoms with Crippen molar-refractivity contribution in [2.24, 2.45) is 0 Å². The molecule has 0 aromatic heterocycles. The molecule has 1 atom stereocenters. The first-order valence-electron chi connectivity index (χ1n) is 7.28. The average molecular weight is 347 g/mol. The number of halogens is 1. The van der Waals surface area contributed by atoms with Crippen LogP contribution < -0.4 is 10.0 Å². The Kier molecular flexibility index (Phi) is 5.54. The minimum Gasteiger partial charge on any atom is -0.306 e. The summed E-state index contributed by atoms with van der Waals surface area (Å²) in [4.78, 5) is 0. The van der Waals surface area contributed by atoms with Crippen molar-refractivity contribution in [1.29, 1.82) is 5.26 Å². The van der Waals surface area contributed by atoms with Crippen molar-refractivity contribution in [3.05, 3.63) is 65.0 Å². The number of anilines is 1. The third-order valence-electron chi connectivity index (χ3n) is 3.45. The van der Waals surface area contributed by atoms with Crippen molar-refractivity contribution in [1.82, 2.24) is 5.32 Å². The van der Waals surface area contributed by atoms with E-state index in [1.165, 1.54) is 12.1 Å². The average Bonchev–Trinajstić information content (AvgIpc) is 2.52. The molecule has 0 aliphatic carbocycles. The predicted octanol–water partition coefficient (Wildman–Crippen LogP) is 2.92. The van der Waals surface area contributed by atoms with Gasteiger partial charge >= 0.3 is 0 Å². The lowest BCUT2D eigenvalue weighted by Crippen LogP contribution is -2.18. The van der Waals surface area contributed by atoms with Gasteiger partial charge in [-0.1, -0.05) is 18.2 Å². The zero-order valence-corrected chi connectivity index (χ0v) is 14.2.